The molecule has 1 atom stereocenters. The number of nitrogens with one attached hydrogen (secondary N) is 2. The zero-order chi connectivity index (χ0) is 27.0. The van der Waals surface area contributed by atoms with Gasteiger partial charge in [-0.2, -0.15) is 0 Å². The fourth-order valence-corrected chi connectivity index (χ4v) is 3.69. The van der Waals surface area contributed by atoms with Gasteiger partial charge < -0.3 is 19.9 Å². The Morgan fingerprint density at radius 2 is 1.73 bits per heavy atom. The van der Waals surface area contributed by atoms with Crippen LogP contribution in [0.4, 0.5) is 11.5 Å². The molecule has 2 N–H and O–H groups in total. The largest absolute Gasteiger partial charge is 0.497 e. The molecule has 1 aromatic heterocycles. The molecule has 37 heavy (non-hydrogen) atoms. The van der Waals surface area contributed by atoms with Crippen LogP contribution in [0.3, 0.4) is 0 Å². The number of carbonyl (C=O) groups is 3. The summed E-state index contributed by atoms with van der Waals surface area (Å²) < 4.78 is 10.2. The molecule has 0 aliphatic rings. The van der Waals surface area contributed by atoms with Crippen LogP contribution < -0.4 is 20.3 Å². The number of para-hydroxylation sites is 1. The molecule has 3 aromatic rings. The number of amides is 3. The molecule has 0 unspecified atom stereocenters. The lowest BCUT2D eigenvalue weighted by Gasteiger charge is -2.34. The molecule has 0 aliphatic heterocycles. The molecule has 2 aromatic carbocycles. The molecule has 9 nitrogen and oxygen atoms in total. The van der Waals surface area contributed by atoms with Gasteiger partial charge in [0.15, 0.2) is 5.82 Å². The number of aromatic nitrogens is 1. The molecule has 0 radical (unpaired) electrons. The summed E-state index contributed by atoms with van der Waals surface area (Å²) in [5.74, 6) is 0.401. The highest BCUT2D eigenvalue weighted by molar-refractivity contribution is 6.03. The van der Waals surface area contributed by atoms with Gasteiger partial charge in [-0.05, 0) is 57.0 Å². The molecule has 3 rings (SSSR count). The average molecular weight is 507 g/mol. The maximum Gasteiger partial charge on any atom is 0.248 e. The summed E-state index contributed by atoms with van der Waals surface area (Å²) in [6.07, 6.45) is 0.495. The third kappa shape index (κ3) is 7.42. The van der Waals surface area contributed by atoms with Crippen LogP contribution in [0.15, 0.2) is 65.2 Å². The summed E-state index contributed by atoms with van der Waals surface area (Å²) in [6, 6.07) is 16.6. The van der Waals surface area contributed by atoms with E-state index < -0.39 is 11.6 Å². The second kappa shape index (κ2) is 12.2. The number of hydrogen-bond acceptors (Lipinski definition) is 6. The van der Waals surface area contributed by atoms with E-state index in [4.69, 9.17) is 9.26 Å². The molecule has 0 bridgehead atoms. The standard InChI is InChI=1S/C28H34N4O5/c1-6-28(3,4)30-27(35)26(20-12-14-22(36-5)15-13-20)32(21-10-8-7-9-11-21)25(34)17-16-24(33)29-23-18-19(2)37-31-23/h7-15,18,26H,6,16-17H2,1-5H3,(H,30,35)(H,29,31,33)/t26-/m0/s1. The highest BCUT2D eigenvalue weighted by atomic mass is 16.5. The van der Waals surface area contributed by atoms with Crippen LogP contribution in [0.2, 0.25) is 0 Å². The van der Waals surface area contributed by atoms with Gasteiger partial charge in [-0.25, -0.2) is 0 Å². The van der Waals surface area contributed by atoms with Gasteiger partial charge in [0.05, 0.1) is 7.11 Å². The van der Waals surface area contributed by atoms with E-state index in [0.29, 0.717) is 29.2 Å². The summed E-state index contributed by atoms with van der Waals surface area (Å²) in [6.45, 7) is 7.56. The number of anilines is 2. The third-order valence-corrected chi connectivity index (χ3v) is 6.05. The van der Waals surface area contributed by atoms with Gasteiger partial charge >= 0.3 is 0 Å². The molecular formula is C28H34N4O5. The highest BCUT2D eigenvalue weighted by Crippen LogP contribution is 2.31. The Labute approximate surface area is 217 Å². The van der Waals surface area contributed by atoms with Gasteiger partial charge in [-0.1, -0.05) is 42.4 Å². The Balaban J connectivity index is 1.93. The minimum atomic E-state index is -0.965. The van der Waals surface area contributed by atoms with Crippen molar-refractivity contribution in [2.75, 3.05) is 17.3 Å². The maximum atomic E-state index is 13.7. The number of hydrogen-bond donors (Lipinski definition) is 2. The monoisotopic (exact) mass is 506 g/mol. The van der Waals surface area contributed by atoms with Crippen molar-refractivity contribution in [2.24, 2.45) is 0 Å². The summed E-state index contributed by atoms with van der Waals surface area (Å²) in [4.78, 5) is 41.4. The first-order valence-electron chi connectivity index (χ1n) is 12.2. The topological polar surface area (TPSA) is 114 Å². The van der Waals surface area contributed by atoms with E-state index in [0.717, 1.165) is 0 Å². The molecule has 0 spiro atoms. The summed E-state index contributed by atoms with van der Waals surface area (Å²) >= 11 is 0. The summed E-state index contributed by atoms with van der Waals surface area (Å²) in [5, 5.41) is 9.45. The lowest BCUT2D eigenvalue weighted by atomic mass is 9.98. The first-order chi connectivity index (χ1) is 17.6. The minimum Gasteiger partial charge on any atom is -0.497 e. The SMILES string of the molecule is CCC(C)(C)NC(=O)[C@H](c1ccc(OC)cc1)N(C(=O)CCC(=O)Nc1cc(C)on1)c1ccccc1. The van der Waals surface area contributed by atoms with Crippen molar-refractivity contribution in [2.45, 2.75) is 58.5 Å². The van der Waals surface area contributed by atoms with Crippen molar-refractivity contribution in [3.63, 3.8) is 0 Å². The lowest BCUT2D eigenvalue weighted by molar-refractivity contribution is -0.128. The number of nitrogens with zero attached hydrogens (tertiary/aromatic N) is 2. The quantitative estimate of drug-likeness (QED) is 0.387. The maximum absolute atomic E-state index is 13.7. The lowest BCUT2D eigenvalue weighted by Crippen LogP contribution is -2.50. The van der Waals surface area contributed by atoms with E-state index in [1.54, 1.807) is 68.6 Å². The zero-order valence-corrected chi connectivity index (χ0v) is 21.9. The number of rotatable bonds is 11. The van der Waals surface area contributed by atoms with Crippen LogP contribution in [0, 0.1) is 6.92 Å². The van der Waals surface area contributed by atoms with Gasteiger partial charge in [-0.15, -0.1) is 0 Å². The van der Waals surface area contributed by atoms with Crippen LogP contribution in [-0.2, 0) is 14.4 Å². The number of methoxy groups -OCH3 is 1. The predicted molar refractivity (Wildman–Crippen MR) is 141 cm³/mol. The molecule has 3 amide bonds. The fraction of sp³-hybridized carbons (Fsp3) is 0.357. The van der Waals surface area contributed by atoms with Crippen molar-refractivity contribution in [3.8, 4) is 5.75 Å². The van der Waals surface area contributed by atoms with Crippen LogP contribution >= 0.6 is 0 Å². The average Bonchev–Trinajstić information content (AvgIpc) is 3.30. The van der Waals surface area contributed by atoms with Gasteiger partial charge in [0.1, 0.15) is 17.6 Å². The Morgan fingerprint density at radius 3 is 2.30 bits per heavy atom. The first kappa shape index (κ1) is 27.4. The van der Waals surface area contributed by atoms with Crippen LogP contribution in [0.5, 0.6) is 5.75 Å². The van der Waals surface area contributed by atoms with Gasteiger partial charge in [-0.3, -0.25) is 19.3 Å². The molecule has 0 aliphatic carbocycles. The van der Waals surface area contributed by atoms with Crippen molar-refractivity contribution in [1.82, 2.24) is 10.5 Å². The summed E-state index contributed by atoms with van der Waals surface area (Å²) in [7, 11) is 1.56. The van der Waals surface area contributed by atoms with Gasteiger partial charge in [0.2, 0.25) is 17.7 Å². The molecule has 0 fully saturated rings. The zero-order valence-electron chi connectivity index (χ0n) is 21.9. The fourth-order valence-electron chi connectivity index (χ4n) is 3.69. The van der Waals surface area contributed by atoms with E-state index in [1.807, 2.05) is 26.8 Å². The van der Waals surface area contributed by atoms with Crippen LogP contribution in [0.1, 0.15) is 57.4 Å². The number of aryl methyl sites for hydroxylation is 1. The normalized spacial score (nSPS) is 11.9. The molecule has 0 saturated heterocycles. The molecular weight excluding hydrogens is 472 g/mol. The highest BCUT2D eigenvalue weighted by Gasteiger charge is 2.35. The Hall–Kier alpha value is -4.14. The van der Waals surface area contributed by atoms with Crippen molar-refractivity contribution in [1.29, 1.82) is 0 Å². The molecule has 0 saturated carbocycles. The number of ether oxygens (including phenoxy) is 1. The Kier molecular flexibility index (Phi) is 9.05. The second-order valence-corrected chi connectivity index (χ2v) is 9.37. The second-order valence-electron chi connectivity index (χ2n) is 9.37. The smallest absolute Gasteiger partial charge is 0.248 e. The van der Waals surface area contributed by atoms with Crippen LogP contribution in [-0.4, -0.2) is 35.5 Å². The van der Waals surface area contributed by atoms with Gasteiger partial charge in [0, 0.05) is 30.1 Å². The Bertz CT molecular complexity index is 1200. The number of carbonyl (C=O) groups excluding carboxylic acids is 3. The van der Waals surface area contributed by atoms with Gasteiger partial charge in [0.25, 0.3) is 0 Å². The Morgan fingerprint density at radius 1 is 1.05 bits per heavy atom. The predicted octanol–water partition coefficient (Wildman–Crippen LogP) is 4.79. The van der Waals surface area contributed by atoms with Crippen molar-refractivity contribution >= 4 is 29.2 Å². The molecule has 196 valence electrons. The van der Waals surface area contributed by atoms with E-state index in [-0.39, 0.29) is 36.4 Å². The van der Waals surface area contributed by atoms with E-state index >= 15 is 0 Å². The van der Waals surface area contributed by atoms with Crippen molar-refractivity contribution < 1.29 is 23.6 Å². The van der Waals surface area contributed by atoms with Crippen LogP contribution in [0.25, 0.3) is 0 Å². The van der Waals surface area contributed by atoms with E-state index in [1.165, 1.54) is 4.90 Å². The first-order valence-corrected chi connectivity index (χ1v) is 12.2. The van der Waals surface area contributed by atoms with E-state index in [2.05, 4.69) is 15.8 Å². The molecule has 9 heteroatoms. The molecule has 1 heterocycles. The minimum absolute atomic E-state index is 0.0918. The third-order valence-electron chi connectivity index (χ3n) is 6.05. The van der Waals surface area contributed by atoms with E-state index in [9.17, 15) is 14.4 Å². The van der Waals surface area contributed by atoms with Crippen molar-refractivity contribution in [3.05, 3.63) is 72.0 Å². The number of benzene rings is 2. The summed E-state index contributed by atoms with van der Waals surface area (Å²) in [5.41, 5.74) is 0.679.